The van der Waals surface area contributed by atoms with E-state index in [1.165, 1.54) is 0 Å². The normalized spacial score (nSPS) is 15.2. The van der Waals surface area contributed by atoms with Crippen molar-refractivity contribution in [1.82, 2.24) is 5.32 Å². The minimum absolute atomic E-state index is 0.0710. The van der Waals surface area contributed by atoms with Crippen LogP contribution in [0.2, 0.25) is 5.02 Å². The molecule has 0 fully saturated rings. The molecule has 0 spiro atoms. The lowest BCUT2D eigenvalue weighted by atomic mass is 10.1. The maximum absolute atomic E-state index is 12.1. The van der Waals surface area contributed by atoms with Crippen LogP contribution in [0.5, 0.6) is 11.5 Å². The van der Waals surface area contributed by atoms with Crippen LogP contribution in [0.3, 0.4) is 0 Å². The molecule has 0 unspecified atom stereocenters. The van der Waals surface area contributed by atoms with E-state index in [2.05, 4.69) is 5.32 Å². The number of amides is 1. The van der Waals surface area contributed by atoms with Crippen molar-refractivity contribution in [2.24, 2.45) is 0 Å². The predicted molar refractivity (Wildman–Crippen MR) is 75.8 cm³/mol. The highest BCUT2D eigenvalue weighted by molar-refractivity contribution is 6.32. The van der Waals surface area contributed by atoms with Crippen molar-refractivity contribution in [1.29, 1.82) is 0 Å². The quantitative estimate of drug-likeness (QED) is 0.850. The van der Waals surface area contributed by atoms with Gasteiger partial charge in [0.1, 0.15) is 13.2 Å². The van der Waals surface area contributed by atoms with Crippen molar-refractivity contribution in [2.45, 2.75) is 25.1 Å². The Morgan fingerprint density at radius 1 is 1.35 bits per heavy atom. The predicted octanol–water partition coefficient (Wildman–Crippen LogP) is 2.08. The first kappa shape index (κ1) is 17.7. The lowest BCUT2D eigenvalue weighted by Gasteiger charge is -2.20. The van der Waals surface area contributed by atoms with Crippen LogP contribution < -0.4 is 14.8 Å². The zero-order valence-electron chi connectivity index (χ0n) is 12.0. The molecule has 23 heavy (non-hydrogen) atoms. The topological polar surface area (TPSA) is 67.8 Å². The molecule has 1 aromatic rings. The lowest BCUT2D eigenvalue weighted by molar-refractivity contribution is -0.205. The summed E-state index contributed by atoms with van der Waals surface area (Å²) in [7, 11) is 0. The first-order chi connectivity index (χ1) is 10.8. The van der Waals surface area contributed by atoms with Crippen LogP contribution in [0.1, 0.15) is 12.0 Å². The number of carbonyl (C=O) groups is 1. The molecule has 2 rings (SSSR count). The van der Waals surface area contributed by atoms with Crippen molar-refractivity contribution in [3.8, 4) is 11.5 Å². The Hall–Kier alpha value is -1.67. The Labute approximate surface area is 135 Å². The monoisotopic (exact) mass is 353 g/mol. The van der Waals surface area contributed by atoms with Gasteiger partial charge in [0.05, 0.1) is 11.4 Å². The Kier molecular flexibility index (Phi) is 5.59. The van der Waals surface area contributed by atoms with Gasteiger partial charge in [-0.1, -0.05) is 11.6 Å². The smallest absolute Gasteiger partial charge is 0.414 e. The van der Waals surface area contributed by atoms with Gasteiger partial charge < -0.3 is 19.9 Å². The van der Waals surface area contributed by atoms with E-state index in [0.717, 1.165) is 0 Å². The van der Waals surface area contributed by atoms with Crippen LogP contribution >= 0.6 is 11.6 Å². The molecular weight excluding hydrogens is 339 g/mol. The summed E-state index contributed by atoms with van der Waals surface area (Å²) in [6.45, 7) is 0.472. The molecule has 1 atom stereocenters. The number of alkyl halides is 3. The number of fused-ring (bicyclic) bond motifs is 1. The largest absolute Gasteiger partial charge is 0.486 e. The summed E-state index contributed by atoms with van der Waals surface area (Å²) in [6, 6.07) is 3.14. The minimum Gasteiger partial charge on any atom is -0.486 e. The molecular formula is C14H15ClF3NO4. The molecule has 0 bridgehead atoms. The minimum atomic E-state index is -4.69. The van der Waals surface area contributed by atoms with E-state index in [-0.39, 0.29) is 13.0 Å². The zero-order valence-corrected chi connectivity index (χ0v) is 12.7. The van der Waals surface area contributed by atoms with E-state index in [9.17, 15) is 18.0 Å². The Morgan fingerprint density at radius 2 is 2.04 bits per heavy atom. The van der Waals surface area contributed by atoms with Crippen LogP contribution in [0.25, 0.3) is 0 Å². The van der Waals surface area contributed by atoms with Gasteiger partial charge in [0, 0.05) is 6.54 Å². The van der Waals surface area contributed by atoms with Gasteiger partial charge in [-0.2, -0.15) is 13.2 Å². The van der Waals surface area contributed by atoms with Crippen LogP contribution in [-0.4, -0.2) is 43.1 Å². The van der Waals surface area contributed by atoms with Crippen molar-refractivity contribution in [2.75, 3.05) is 19.8 Å². The number of ether oxygens (including phenoxy) is 2. The van der Waals surface area contributed by atoms with Crippen LogP contribution in [-0.2, 0) is 11.2 Å². The Bertz CT molecular complexity index is 580. The van der Waals surface area contributed by atoms with Gasteiger partial charge in [-0.15, -0.1) is 0 Å². The maximum atomic E-state index is 12.1. The highest BCUT2D eigenvalue weighted by Gasteiger charge is 2.37. The number of rotatable bonds is 5. The second kappa shape index (κ2) is 7.27. The summed E-state index contributed by atoms with van der Waals surface area (Å²) in [6.07, 6.45) is -7.81. The SMILES string of the molecule is O=C(Cc1cc(Cl)c2c(c1)OCCO2)NCC[C@@H](O)C(F)(F)F. The average molecular weight is 354 g/mol. The fourth-order valence-electron chi connectivity index (χ4n) is 2.03. The molecule has 128 valence electrons. The third-order valence-corrected chi connectivity index (χ3v) is 3.42. The molecule has 0 saturated heterocycles. The van der Waals surface area contributed by atoms with Gasteiger partial charge in [0.25, 0.3) is 0 Å². The number of hydrogen-bond donors (Lipinski definition) is 2. The lowest BCUT2D eigenvalue weighted by Crippen LogP contribution is -2.34. The third-order valence-electron chi connectivity index (χ3n) is 3.14. The van der Waals surface area contributed by atoms with Gasteiger partial charge in [0.2, 0.25) is 5.91 Å². The van der Waals surface area contributed by atoms with E-state index in [1.807, 2.05) is 0 Å². The molecule has 1 amide bonds. The number of carbonyl (C=O) groups excluding carboxylic acids is 1. The summed E-state index contributed by atoms with van der Waals surface area (Å²) in [5.74, 6) is 0.363. The molecule has 1 aliphatic heterocycles. The average Bonchev–Trinajstić information content (AvgIpc) is 2.46. The summed E-state index contributed by atoms with van der Waals surface area (Å²) >= 11 is 6.03. The number of halogens is 4. The highest BCUT2D eigenvalue weighted by Crippen LogP contribution is 2.38. The second-order valence-corrected chi connectivity index (χ2v) is 5.38. The first-order valence-electron chi connectivity index (χ1n) is 6.87. The summed E-state index contributed by atoms with van der Waals surface area (Å²) in [4.78, 5) is 11.7. The summed E-state index contributed by atoms with van der Waals surface area (Å²) in [5, 5.41) is 11.5. The first-order valence-corrected chi connectivity index (χ1v) is 7.24. The number of hydrogen-bond acceptors (Lipinski definition) is 4. The molecule has 5 nitrogen and oxygen atoms in total. The third kappa shape index (κ3) is 4.90. The summed E-state index contributed by atoms with van der Waals surface area (Å²) in [5.41, 5.74) is 0.549. The van der Waals surface area contributed by atoms with Gasteiger partial charge >= 0.3 is 6.18 Å². The van der Waals surface area contributed by atoms with E-state index in [0.29, 0.717) is 35.3 Å². The van der Waals surface area contributed by atoms with Crippen LogP contribution in [0.4, 0.5) is 13.2 Å². The fraction of sp³-hybridized carbons (Fsp3) is 0.500. The van der Waals surface area contributed by atoms with E-state index in [1.54, 1.807) is 12.1 Å². The molecule has 0 aromatic heterocycles. The van der Waals surface area contributed by atoms with Crippen molar-refractivity contribution < 1.29 is 32.5 Å². The molecule has 9 heteroatoms. The number of aliphatic hydroxyl groups is 1. The van der Waals surface area contributed by atoms with E-state index >= 15 is 0 Å². The molecule has 0 aliphatic carbocycles. The molecule has 1 aliphatic rings. The standard InChI is InChI=1S/C14H15ClF3NO4/c15-9-5-8(6-10-13(9)23-4-3-22-10)7-12(21)19-2-1-11(20)14(16,17)18/h5-6,11,20H,1-4,7H2,(H,19,21)/t11-/m1/s1. The van der Waals surface area contributed by atoms with Gasteiger partial charge in [0.15, 0.2) is 17.6 Å². The van der Waals surface area contributed by atoms with Crippen molar-refractivity contribution in [3.05, 3.63) is 22.7 Å². The Balaban J connectivity index is 1.87. The van der Waals surface area contributed by atoms with Crippen LogP contribution in [0, 0.1) is 0 Å². The molecule has 2 N–H and O–H groups in total. The zero-order chi connectivity index (χ0) is 17.0. The highest BCUT2D eigenvalue weighted by atomic mass is 35.5. The number of benzene rings is 1. The number of nitrogens with one attached hydrogen (secondary N) is 1. The van der Waals surface area contributed by atoms with Crippen LogP contribution in [0.15, 0.2) is 12.1 Å². The fourth-order valence-corrected chi connectivity index (χ4v) is 2.31. The summed E-state index contributed by atoms with van der Waals surface area (Å²) < 4.78 is 47.1. The van der Waals surface area contributed by atoms with E-state index < -0.39 is 24.6 Å². The van der Waals surface area contributed by atoms with E-state index in [4.69, 9.17) is 26.2 Å². The second-order valence-electron chi connectivity index (χ2n) is 4.97. The molecule has 0 radical (unpaired) electrons. The maximum Gasteiger partial charge on any atom is 0.414 e. The molecule has 1 heterocycles. The molecule has 1 aromatic carbocycles. The van der Waals surface area contributed by atoms with Crippen molar-refractivity contribution in [3.63, 3.8) is 0 Å². The van der Waals surface area contributed by atoms with Gasteiger partial charge in [-0.05, 0) is 24.1 Å². The molecule has 0 saturated carbocycles. The van der Waals surface area contributed by atoms with Gasteiger partial charge in [-0.3, -0.25) is 4.79 Å². The Morgan fingerprint density at radius 3 is 2.74 bits per heavy atom. The van der Waals surface area contributed by atoms with Crippen molar-refractivity contribution >= 4 is 17.5 Å². The van der Waals surface area contributed by atoms with Gasteiger partial charge in [-0.25, -0.2) is 0 Å². The number of aliphatic hydroxyl groups excluding tert-OH is 1.